The van der Waals surface area contributed by atoms with E-state index in [1.165, 1.54) is 18.4 Å². The summed E-state index contributed by atoms with van der Waals surface area (Å²) in [5.41, 5.74) is 1.39. The van der Waals surface area contributed by atoms with Gasteiger partial charge in [-0.1, -0.05) is 28.1 Å². The van der Waals surface area contributed by atoms with Crippen molar-refractivity contribution in [3.63, 3.8) is 0 Å². The molecule has 1 N–H and O–H groups in total. The molecule has 1 saturated carbocycles. The van der Waals surface area contributed by atoms with Crippen molar-refractivity contribution < 1.29 is 0 Å². The van der Waals surface area contributed by atoms with Crippen LogP contribution in [0.25, 0.3) is 0 Å². The van der Waals surface area contributed by atoms with Crippen LogP contribution in [0.5, 0.6) is 0 Å². The second-order valence-corrected chi connectivity index (χ2v) is 7.13. The van der Waals surface area contributed by atoms with Gasteiger partial charge in [-0.25, -0.2) is 0 Å². The molecule has 0 aromatic heterocycles. The molecule has 22 heavy (non-hydrogen) atoms. The molecule has 1 unspecified atom stereocenters. The predicted octanol–water partition coefficient (Wildman–Crippen LogP) is 2.87. The fourth-order valence-electron chi connectivity index (χ4n) is 2.98. The van der Waals surface area contributed by atoms with Gasteiger partial charge in [-0.15, -0.1) is 0 Å². The molecule has 0 amide bonds. The van der Waals surface area contributed by atoms with Crippen LogP contribution in [0.4, 0.5) is 0 Å². The first-order valence-electron chi connectivity index (χ1n) is 8.15. The number of piperazine rings is 1. The molecule has 0 spiro atoms. The maximum absolute atomic E-state index is 4.44. The van der Waals surface area contributed by atoms with E-state index < -0.39 is 0 Å². The zero-order valence-corrected chi connectivity index (χ0v) is 15.0. The van der Waals surface area contributed by atoms with E-state index in [1.807, 2.05) is 7.05 Å². The van der Waals surface area contributed by atoms with Crippen LogP contribution in [-0.2, 0) is 0 Å². The van der Waals surface area contributed by atoms with Crippen molar-refractivity contribution in [1.82, 2.24) is 15.1 Å². The number of hydrogen-bond donors (Lipinski definition) is 1. The molecule has 1 aromatic carbocycles. The van der Waals surface area contributed by atoms with Crippen LogP contribution in [0.1, 0.15) is 31.4 Å². The van der Waals surface area contributed by atoms with Gasteiger partial charge in [-0.05, 0) is 37.5 Å². The Balaban J connectivity index is 1.55. The van der Waals surface area contributed by atoms with Crippen LogP contribution < -0.4 is 5.32 Å². The van der Waals surface area contributed by atoms with Gasteiger partial charge in [0.05, 0.1) is 0 Å². The van der Waals surface area contributed by atoms with Crippen LogP contribution in [0, 0.1) is 0 Å². The summed E-state index contributed by atoms with van der Waals surface area (Å²) in [6.45, 7) is 6.57. The van der Waals surface area contributed by atoms with E-state index in [-0.39, 0.29) is 0 Å². The molecule has 4 nitrogen and oxygen atoms in total. The lowest BCUT2D eigenvalue weighted by Gasteiger charge is -2.39. The predicted molar refractivity (Wildman–Crippen MR) is 95.2 cm³/mol. The minimum atomic E-state index is 0.466. The molecule has 2 fully saturated rings. The topological polar surface area (TPSA) is 30.9 Å². The fourth-order valence-corrected chi connectivity index (χ4v) is 3.24. The van der Waals surface area contributed by atoms with Crippen LogP contribution in [-0.4, -0.2) is 55.0 Å². The lowest BCUT2D eigenvalue weighted by atomic mass is 10.1. The Hall–Kier alpha value is -1.07. The van der Waals surface area contributed by atoms with E-state index in [0.29, 0.717) is 12.1 Å². The largest absolute Gasteiger partial charge is 0.354 e. The second kappa shape index (κ2) is 7.01. The van der Waals surface area contributed by atoms with Gasteiger partial charge in [-0.3, -0.25) is 9.89 Å². The molecule has 1 aliphatic heterocycles. The first kappa shape index (κ1) is 15.8. The Bertz CT molecular complexity index is 516. The lowest BCUT2D eigenvalue weighted by Crippen LogP contribution is -2.53. The zero-order chi connectivity index (χ0) is 15.5. The van der Waals surface area contributed by atoms with Crippen LogP contribution in [0.15, 0.2) is 33.7 Å². The van der Waals surface area contributed by atoms with E-state index >= 15 is 0 Å². The standard InChI is InChI=1S/C17H25BrN4/c1-13(14-3-5-15(18)6-4-14)21-9-11-22(12-10-21)17(19-2)20-16-7-8-16/h3-6,13,16H,7-12H2,1-2H3,(H,19,20). The molecule has 1 heterocycles. The van der Waals surface area contributed by atoms with Crippen LogP contribution in [0.3, 0.4) is 0 Å². The number of halogens is 1. The highest BCUT2D eigenvalue weighted by Crippen LogP contribution is 2.24. The molecular weight excluding hydrogens is 340 g/mol. The molecule has 1 saturated heterocycles. The second-order valence-electron chi connectivity index (χ2n) is 6.22. The maximum Gasteiger partial charge on any atom is 0.193 e. The maximum atomic E-state index is 4.44. The Morgan fingerprint density at radius 3 is 2.36 bits per heavy atom. The van der Waals surface area contributed by atoms with E-state index in [9.17, 15) is 0 Å². The van der Waals surface area contributed by atoms with Crippen molar-refractivity contribution in [3.05, 3.63) is 34.3 Å². The van der Waals surface area contributed by atoms with Crippen molar-refractivity contribution in [1.29, 1.82) is 0 Å². The molecule has 1 atom stereocenters. The highest BCUT2D eigenvalue weighted by molar-refractivity contribution is 9.10. The number of nitrogens with zero attached hydrogens (tertiary/aromatic N) is 3. The summed E-state index contributed by atoms with van der Waals surface area (Å²) in [6.07, 6.45) is 2.58. The van der Waals surface area contributed by atoms with E-state index in [4.69, 9.17) is 0 Å². The van der Waals surface area contributed by atoms with E-state index in [1.54, 1.807) is 0 Å². The molecule has 5 heteroatoms. The van der Waals surface area contributed by atoms with Gasteiger partial charge in [0.1, 0.15) is 0 Å². The average Bonchev–Trinajstić information content (AvgIpc) is 3.37. The van der Waals surface area contributed by atoms with Crippen molar-refractivity contribution in [2.75, 3.05) is 33.2 Å². The highest BCUT2D eigenvalue weighted by atomic mass is 79.9. The summed E-state index contributed by atoms with van der Waals surface area (Å²) in [4.78, 5) is 9.39. The Labute approximate surface area is 141 Å². The van der Waals surface area contributed by atoms with Gasteiger partial charge in [-0.2, -0.15) is 0 Å². The first-order valence-corrected chi connectivity index (χ1v) is 8.94. The Morgan fingerprint density at radius 1 is 1.18 bits per heavy atom. The molecular formula is C17H25BrN4. The third-order valence-electron chi connectivity index (χ3n) is 4.64. The minimum absolute atomic E-state index is 0.466. The molecule has 120 valence electrons. The number of aliphatic imine (C=N–C) groups is 1. The normalized spacial score (nSPS) is 21.8. The molecule has 0 bridgehead atoms. The molecule has 0 radical (unpaired) electrons. The average molecular weight is 365 g/mol. The first-order chi connectivity index (χ1) is 10.7. The van der Waals surface area contributed by atoms with E-state index in [0.717, 1.165) is 36.6 Å². The van der Waals surface area contributed by atoms with Crippen molar-refractivity contribution in [2.45, 2.75) is 31.8 Å². The Morgan fingerprint density at radius 2 is 1.82 bits per heavy atom. The SMILES string of the molecule is CN=C(NC1CC1)N1CCN(C(C)c2ccc(Br)cc2)CC1. The third kappa shape index (κ3) is 3.82. The smallest absolute Gasteiger partial charge is 0.193 e. The van der Waals surface area contributed by atoms with Crippen molar-refractivity contribution in [2.24, 2.45) is 4.99 Å². The highest BCUT2D eigenvalue weighted by Gasteiger charge is 2.27. The Kier molecular flexibility index (Phi) is 5.03. The van der Waals surface area contributed by atoms with Crippen LogP contribution in [0.2, 0.25) is 0 Å². The molecule has 1 aromatic rings. The molecule has 1 aliphatic carbocycles. The molecule has 2 aliphatic rings. The number of hydrogen-bond acceptors (Lipinski definition) is 2. The van der Waals surface area contributed by atoms with Gasteiger partial charge >= 0.3 is 0 Å². The van der Waals surface area contributed by atoms with Gasteiger partial charge < -0.3 is 10.2 Å². The third-order valence-corrected chi connectivity index (χ3v) is 5.16. The fraction of sp³-hybridized carbons (Fsp3) is 0.588. The summed E-state index contributed by atoms with van der Waals surface area (Å²) in [5.74, 6) is 1.08. The summed E-state index contributed by atoms with van der Waals surface area (Å²) < 4.78 is 1.14. The van der Waals surface area contributed by atoms with E-state index in [2.05, 4.69) is 67.2 Å². The van der Waals surface area contributed by atoms with Crippen molar-refractivity contribution >= 4 is 21.9 Å². The summed E-state index contributed by atoms with van der Waals surface area (Å²) in [6, 6.07) is 9.82. The zero-order valence-electron chi connectivity index (χ0n) is 13.4. The van der Waals surface area contributed by atoms with Gasteiger partial charge in [0.2, 0.25) is 0 Å². The quantitative estimate of drug-likeness (QED) is 0.660. The lowest BCUT2D eigenvalue weighted by molar-refractivity contribution is 0.138. The number of rotatable bonds is 3. The summed E-state index contributed by atoms with van der Waals surface area (Å²) in [5, 5.41) is 3.54. The number of nitrogens with one attached hydrogen (secondary N) is 1. The number of guanidine groups is 1. The van der Waals surface area contributed by atoms with Crippen molar-refractivity contribution in [3.8, 4) is 0 Å². The van der Waals surface area contributed by atoms with Gasteiger partial charge in [0.25, 0.3) is 0 Å². The van der Waals surface area contributed by atoms with Gasteiger partial charge in [0, 0.05) is 49.8 Å². The summed E-state index contributed by atoms with van der Waals surface area (Å²) in [7, 11) is 1.89. The summed E-state index contributed by atoms with van der Waals surface area (Å²) >= 11 is 3.51. The molecule has 3 rings (SSSR count). The number of benzene rings is 1. The van der Waals surface area contributed by atoms with Gasteiger partial charge in [0.15, 0.2) is 5.96 Å². The monoisotopic (exact) mass is 364 g/mol. The minimum Gasteiger partial charge on any atom is -0.354 e. The van der Waals surface area contributed by atoms with Crippen LogP contribution >= 0.6 is 15.9 Å².